The molecule has 8 heteroatoms. The fourth-order valence-corrected chi connectivity index (χ4v) is 5.28. The molecule has 0 atom stereocenters. The Hall–Kier alpha value is -0.790. The number of aliphatic imine (C=N–C) groups is 1. The van der Waals surface area contributed by atoms with E-state index >= 15 is 0 Å². The normalized spacial score (nSPS) is 19.8. The average Bonchev–Trinajstić information content (AvgIpc) is 2.55. The number of guanidine groups is 1. The van der Waals surface area contributed by atoms with E-state index < -0.39 is 15.6 Å². The molecule has 1 aromatic rings. The Labute approximate surface area is 134 Å². The van der Waals surface area contributed by atoms with Gasteiger partial charge in [0, 0.05) is 5.38 Å². The van der Waals surface area contributed by atoms with Crippen molar-refractivity contribution in [1.29, 1.82) is 0 Å². The maximum absolute atomic E-state index is 12.2. The first kappa shape index (κ1) is 16.6. The number of thiophene rings is 1. The van der Waals surface area contributed by atoms with Crippen LogP contribution in [-0.2, 0) is 10.0 Å². The number of fused-ring (bicyclic) bond motifs is 1. The van der Waals surface area contributed by atoms with Crippen LogP contribution in [0.3, 0.4) is 0 Å². The zero-order valence-electron chi connectivity index (χ0n) is 12.7. The molecule has 0 radical (unpaired) electrons. The van der Waals surface area contributed by atoms with Crippen LogP contribution in [0.25, 0.3) is 0 Å². The molecular formula is C13H20ClN3O2S2. The summed E-state index contributed by atoms with van der Waals surface area (Å²) < 4.78 is 27.0. The summed E-state index contributed by atoms with van der Waals surface area (Å²) in [7, 11) is -3.60. The molecule has 2 rings (SSSR count). The fraction of sp³-hybridized carbons (Fsp3) is 0.615. The quantitative estimate of drug-likeness (QED) is 0.855. The van der Waals surface area contributed by atoms with Crippen molar-refractivity contribution in [2.75, 3.05) is 5.32 Å². The Morgan fingerprint density at radius 3 is 2.48 bits per heavy atom. The Morgan fingerprint density at radius 1 is 1.29 bits per heavy atom. The van der Waals surface area contributed by atoms with Gasteiger partial charge in [-0.1, -0.05) is 32.4 Å². The predicted molar refractivity (Wildman–Crippen MR) is 88.9 cm³/mol. The molecule has 0 spiro atoms. The number of nitrogens with zero attached hydrogens (tertiary/aromatic N) is 1. The summed E-state index contributed by atoms with van der Waals surface area (Å²) in [4.78, 5) is 4.53. The summed E-state index contributed by atoms with van der Waals surface area (Å²) in [5, 5.41) is 4.97. The maximum atomic E-state index is 12.2. The van der Waals surface area contributed by atoms with E-state index in [1.165, 1.54) is 0 Å². The van der Waals surface area contributed by atoms with Crippen molar-refractivity contribution < 1.29 is 8.42 Å². The lowest BCUT2D eigenvalue weighted by atomic mass is 9.82. The highest BCUT2D eigenvalue weighted by Gasteiger charge is 2.32. The molecule has 2 N–H and O–H groups in total. The van der Waals surface area contributed by atoms with Crippen molar-refractivity contribution in [3.05, 3.63) is 10.4 Å². The first-order valence-electron chi connectivity index (χ1n) is 6.56. The van der Waals surface area contributed by atoms with Gasteiger partial charge >= 0.3 is 0 Å². The van der Waals surface area contributed by atoms with E-state index in [-0.39, 0.29) is 15.6 Å². The highest BCUT2D eigenvalue weighted by molar-refractivity contribution is 7.92. The van der Waals surface area contributed by atoms with Gasteiger partial charge in [0.15, 0.2) is 4.21 Å². The van der Waals surface area contributed by atoms with Crippen LogP contribution >= 0.6 is 22.9 Å². The summed E-state index contributed by atoms with van der Waals surface area (Å²) >= 11 is 7.12. The predicted octanol–water partition coefficient (Wildman–Crippen LogP) is 3.68. The summed E-state index contributed by atoms with van der Waals surface area (Å²) in [6.07, 6.45) is 0.817. The van der Waals surface area contributed by atoms with Gasteiger partial charge in [-0.2, -0.15) is 0 Å². The molecule has 0 amide bonds. The van der Waals surface area contributed by atoms with Gasteiger partial charge in [-0.15, -0.1) is 11.3 Å². The number of nitrogens with one attached hydrogen (secondary N) is 2. The minimum absolute atomic E-state index is 0.0896. The van der Waals surface area contributed by atoms with Crippen LogP contribution in [-0.4, -0.2) is 19.9 Å². The third kappa shape index (κ3) is 3.90. The summed E-state index contributed by atoms with van der Waals surface area (Å²) in [5.41, 5.74) is 0.0980. The largest absolute Gasteiger partial charge is 0.322 e. The van der Waals surface area contributed by atoms with Gasteiger partial charge in [-0.3, -0.25) is 0 Å². The van der Waals surface area contributed by atoms with Crippen LogP contribution in [0.5, 0.6) is 0 Å². The first-order valence-corrected chi connectivity index (χ1v) is 9.30. The lowest BCUT2D eigenvalue weighted by molar-refractivity contribution is 0.288. The van der Waals surface area contributed by atoms with Crippen LogP contribution < -0.4 is 10.0 Å². The molecule has 0 aliphatic carbocycles. The zero-order chi connectivity index (χ0) is 16.1. The third-order valence-electron chi connectivity index (χ3n) is 2.81. The molecule has 1 aliphatic heterocycles. The van der Waals surface area contributed by atoms with E-state index in [1.807, 2.05) is 13.8 Å². The van der Waals surface area contributed by atoms with Gasteiger partial charge in [0.25, 0.3) is 10.0 Å². The van der Waals surface area contributed by atoms with Crippen LogP contribution in [0.15, 0.2) is 14.6 Å². The van der Waals surface area contributed by atoms with Gasteiger partial charge in [-0.05, 0) is 25.7 Å². The van der Waals surface area contributed by atoms with Crippen LogP contribution in [0.4, 0.5) is 5.69 Å². The van der Waals surface area contributed by atoms with Gasteiger partial charge in [0.1, 0.15) is 0 Å². The van der Waals surface area contributed by atoms with Gasteiger partial charge in [0.2, 0.25) is 5.96 Å². The highest BCUT2D eigenvalue weighted by Crippen LogP contribution is 2.38. The molecule has 0 saturated carbocycles. The zero-order valence-corrected chi connectivity index (χ0v) is 15.1. The van der Waals surface area contributed by atoms with Crippen molar-refractivity contribution in [2.45, 2.75) is 50.8 Å². The highest BCUT2D eigenvalue weighted by atomic mass is 35.5. The lowest BCUT2D eigenvalue weighted by Crippen LogP contribution is -2.42. The maximum Gasteiger partial charge on any atom is 0.275 e. The SMILES string of the molecule is CC(C)(C)CC(C)(C)N=C1Nc2c(Cl)csc2S(=O)(=O)N1. The van der Waals surface area contributed by atoms with E-state index in [0.717, 1.165) is 17.8 Å². The molecule has 0 saturated heterocycles. The standard InChI is InChI=1S/C13H20ClN3O2S2/c1-12(2,3)7-13(4,5)16-11-15-9-8(14)6-20-10(9)21(18,19)17-11/h6H,7H2,1-5H3,(H2,15,16,17). The van der Waals surface area contributed by atoms with E-state index in [2.05, 4.69) is 35.8 Å². The molecular weight excluding hydrogens is 330 g/mol. The Morgan fingerprint density at radius 2 is 1.90 bits per heavy atom. The van der Waals surface area contributed by atoms with Crippen molar-refractivity contribution in [1.82, 2.24) is 4.72 Å². The van der Waals surface area contributed by atoms with Crippen LogP contribution in [0.2, 0.25) is 5.02 Å². The summed E-state index contributed by atoms with van der Waals surface area (Å²) in [6, 6.07) is 0. The van der Waals surface area contributed by atoms with Crippen molar-refractivity contribution in [3.8, 4) is 0 Å². The van der Waals surface area contributed by atoms with Crippen LogP contribution in [0, 0.1) is 5.41 Å². The van der Waals surface area contributed by atoms with Gasteiger partial charge in [0.05, 0.1) is 16.2 Å². The Balaban J connectivity index is 2.36. The Kier molecular flexibility index (Phi) is 4.06. The van der Waals surface area contributed by atoms with Gasteiger partial charge in [-0.25, -0.2) is 18.1 Å². The van der Waals surface area contributed by atoms with Gasteiger partial charge < -0.3 is 5.32 Å². The number of rotatable bonds is 2. The molecule has 0 fully saturated rings. The smallest absolute Gasteiger partial charge is 0.275 e. The van der Waals surface area contributed by atoms with Crippen molar-refractivity contribution >= 4 is 44.6 Å². The second-order valence-corrected chi connectivity index (χ2v) is 10.2. The minimum Gasteiger partial charge on any atom is -0.322 e. The number of anilines is 1. The second-order valence-electron chi connectivity index (χ2n) is 6.99. The summed E-state index contributed by atoms with van der Waals surface area (Å²) in [5.74, 6) is 0.219. The van der Waals surface area contributed by atoms with E-state index in [9.17, 15) is 8.42 Å². The van der Waals surface area contributed by atoms with E-state index in [0.29, 0.717) is 10.7 Å². The summed E-state index contributed by atoms with van der Waals surface area (Å²) in [6.45, 7) is 10.3. The molecule has 0 bridgehead atoms. The van der Waals surface area contributed by atoms with Crippen molar-refractivity contribution in [2.24, 2.45) is 10.4 Å². The fourth-order valence-electron chi connectivity index (χ4n) is 2.64. The number of hydrogen-bond acceptors (Lipinski definition) is 4. The molecule has 1 aliphatic rings. The molecule has 0 unspecified atom stereocenters. The topological polar surface area (TPSA) is 70.6 Å². The first-order chi connectivity index (χ1) is 9.40. The monoisotopic (exact) mass is 349 g/mol. The van der Waals surface area contributed by atoms with Crippen LogP contribution in [0.1, 0.15) is 41.0 Å². The van der Waals surface area contributed by atoms with E-state index in [1.54, 1.807) is 5.38 Å². The number of sulfonamides is 1. The molecule has 1 aromatic heterocycles. The minimum atomic E-state index is -3.60. The third-order valence-corrected chi connectivity index (χ3v) is 6.11. The second kappa shape index (κ2) is 5.14. The molecule has 2 heterocycles. The van der Waals surface area contributed by atoms with E-state index in [4.69, 9.17) is 11.6 Å². The van der Waals surface area contributed by atoms with Crippen molar-refractivity contribution in [3.63, 3.8) is 0 Å². The molecule has 118 valence electrons. The Bertz CT molecular complexity index is 685. The number of hydrogen-bond donors (Lipinski definition) is 2. The molecule has 0 aromatic carbocycles. The molecule has 5 nitrogen and oxygen atoms in total. The number of halogens is 1. The molecule has 21 heavy (non-hydrogen) atoms. The lowest BCUT2D eigenvalue weighted by Gasteiger charge is -2.30. The average molecular weight is 350 g/mol.